The molecule has 0 aromatic rings. The molecule has 1 aliphatic rings. The minimum Gasteiger partial charge on any atom is -0.444 e. The van der Waals surface area contributed by atoms with E-state index in [1.807, 2.05) is 26.8 Å². The van der Waals surface area contributed by atoms with Crippen molar-refractivity contribution in [3.8, 4) is 0 Å². The van der Waals surface area contributed by atoms with E-state index in [0.717, 1.165) is 0 Å². The molecule has 0 saturated heterocycles. The second-order valence-electron chi connectivity index (χ2n) is 8.23. The molecule has 1 heterocycles. The number of carbonyl (C=O) groups excluding carboxylic acids is 1. The van der Waals surface area contributed by atoms with Gasteiger partial charge in [0.1, 0.15) is 5.60 Å². The molecule has 1 amide bonds. The van der Waals surface area contributed by atoms with Crippen LogP contribution in [-0.4, -0.2) is 44.1 Å². The minimum absolute atomic E-state index is 0.0350. The summed E-state index contributed by atoms with van der Waals surface area (Å²) in [7, 11) is -1.83. The van der Waals surface area contributed by atoms with Crippen LogP contribution >= 0.6 is 0 Å². The van der Waals surface area contributed by atoms with Crippen LogP contribution in [0.25, 0.3) is 0 Å². The highest BCUT2D eigenvalue weighted by atomic mass is 28.4. The molecule has 1 unspecified atom stereocenters. The fraction of sp³-hybridized carbons (Fsp3) is 0.812. The third-order valence-corrected chi connectivity index (χ3v) is 8.49. The second kappa shape index (κ2) is 6.13. The second-order valence-corrected chi connectivity index (χ2v) is 13.0. The average Bonchev–Trinajstić information content (AvgIpc) is 2.24. The lowest BCUT2D eigenvalue weighted by Gasteiger charge is -2.40. The van der Waals surface area contributed by atoms with Gasteiger partial charge in [0.15, 0.2) is 8.32 Å². The van der Waals surface area contributed by atoms with E-state index in [1.54, 1.807) is 4.90 Å². The first-order valence-electron chi connectivity index (χ1n) is 7.64. The smallest absolute Gasteiger partial charge is 0.410 e. The quantitative estimate of drug-likeness (QED) is 0.567. The van der Waals surface area contributed by atoms with Gasteiger partial charge < -0.3 is 14.1 Å². The first kappa shape index (κ1) is 18.2. The molecule has 0 aromatic carbocycles. The van der Waals surface area contributed by atoms with E-state index in [4.69, 9.17) is 9.16 Å². The fourth-order valence-corrected chi connectivity index (χ4v) is 3.06. The zero-order valence-electron chi connectivity index (χ0n) is 14.8. The molecular weight excluding hydrogens is 282 g/mol. The van der Waals surface area contributed by atoms with Crippen LogP contribution in [0.2, 0.25) is 18.1 Å². The lowest BCUT2D eigenvalue weighted by Crippen LogP contribution is -2.49. The Morgan fingerprint density at radius 1 is 1.19 bits per heavy atom. The van der Waals surface area contributed by atoms with E-state index in [1.165, 1.54) is 0 Å². The Morgan fingerprint density at radius 2 is 1.76 bits per heavy atom. The third-order valence-electron chi connectivity index (χ3n) is 3.98. The van der Waals surface area contributed by atoms with Crippen molar-refractivity contribution in [1.29, 1.82) is 0 Å². The molecule has 0 fully saturated rings. The molecule has 0 radical (unpaired) electrons. The average molecular weight is 314 g/mol. The normalized spacial score (nSPS) is 20.6. The van der Waals surface area contributed by atoms with E-state index < -0.39 is 13.9 Å². The van der Waals surface area contributed by atoms with Gasteiger partial charge in [0.2, 0.25) is 0 Å². The molecule has 0 aliphatic carbocycles. The molecule has 1 atom stereocenters. The van der Waals surface area contributed by atoms with Gasteiger partial charge >= 0.3 is 6.09 Å². The summed E-state index contributed by atoms with van der Waals surface area (Å²) in [6, 6.07) is 0. The van der Waals surface area contributed by atoms with Gasteiger partial charge in [0, 0.05) is 6.54 Å². The van der Waals surface area contributed by atoms with Crippen molar-refractivity contribution in [2.45, 2.75) is 71.4 Å². The van der Waals surface area contributed by atoms with E-state index >= 15 is 0 Å². The summed E-state index contributed by atoms with van der Waals surface area (Å²) in [5.41, 5.74) is -0.464. The highest BCUT2D eigenvalue weighted by molar-refractivity contribution is 6.74. The number of rotatable bonds is 2. The van der Waals surface area contributed by atoms with Crippen LogP contribution in [0.4, 0.5) is 4.79 Å². The molecule has 1 aliphatic heterocycles. The van der Waals surface area contributed by atoms with Gasteiger partial charge in [-0.1, -0.05) is 32.9 Å². The number of amides is 1. The van der Waals surface area contributed by atoms with Crippen LogP contribution in [0.3, 0.4) is 0 Å². The number of ether oxygens (including phenoxy) is 1. The van der Waals surface area contributed by atoms with Gasteiger partial charge in [0.25, 0.3) is 0 Å². The molecule has 0 spiro atoms. The molecule has 122 valence electrons. The number of hydrogen-bond donors (Lipinski definition) is 0. The van der Waals surface area contributed by atoms with Crippen molar-refractivity contribution in [1.82, 2.24) is 4.90 Å². The monoisotopic (exact) mass is 313 g/mol. The summed E-state index contributed by atoms with van der Waals surface area (Å²) in [6.45, 7) is 17.9. The summed E-state index contributed by atoms with van der Waals surface area (Å²) in [6.07, 6.45) is 3.76. The first-order valence-corrected chi connectivity index (χ1v) is 10.5. The van der Waals surface area contributed by atoms with Gasteiger partial charge in [-0.15, -0.1) is 0 Å². The fourth-order valence-electron chi connectivity index (χ4n) is 1.80. The maximum Gasteiger partial charge on any atom is 0.410 e. The Bertz CT molecular complexity index is 405. The van der Waals surface area contributed by atoms with E-state index in [2.05, 4.69) is 39.9 Å². The molecule has 0 aromatic heterocycles. The van der Waals surface area contributed by atoms with E-state index in [-0.39, 0.29) is 17.2 Å². The van der Waals surface area contributed by atoms with Crippen LogP contribution in [0.5, 0.6) is 0 Å². The van der Waals surface area contributed by atoms with Crippen LogP contribution in [-0.2, 0) is 9.16 Å². The van der Waals surface area contributed by atoms with Crippen LogP contribution in [0.1, 0.15) is 41.5 Å². The van der Waals surface area contributed by atoms with Crippen molar-refractivity contribution >= 4 is 14.4 Å². The Balaban J connectivity index is 2.67. The van der Waals surface area contributed by atoms with Gasteiger partial charge in [-0.25, -0.2) is 4.79 Å². The first-order chi connectivity index (χ1) is 9.32. The lowest BCUT2D eigenvalue weighted by atomic mass is 10.2. The van der Waals surface area contributed by atoms with E-state index in [9.17, 15) is 4.79 Å². The topological polar surface area (TPSA) is 38.8 Å². The minimum atomic E-state index is -1.83. The Kier molecular flexibility index (Phi) is 5.32. The number of hydrogen-bond acceptors (Lipinski definition) is 3. The van der Waals surface area contributed by atoms with E-state index in [0.29, 0.717) is 13.1 Å². The van der Waals surface area contributed by atoms with Crippen LogP contribution < -0.4 is 0 Å². The highest BCUT2D eigenvalue weighted by Crippen LogP contribution is 2.37. The Morgan fingerprint density at radius 3 is 2.24 bits per heavy atom. The molecule has 5 heteroatoms. The zero-order chi connectivity index (χ0) is 16.5. The lowest BCUT2D eigenvalue weighted by molar-refractivity contribution is 0.0197. The SMILES string of the molecule is CC(C)(C)OC(=O)N1CC=CC(O[Si](C)(C)C(C)(C)C)C1. The molecule has 21 heavy (non-hydrogen) atoms. The molecule has 4 nitrogen and oxygen atoms in total. The molecule has 1 rings (SSSR count). The standard InChI is InChI=1S/C16H31NO3Si/c1-15(2,3)19-14(18)17-11-9-10-13(12-17)20-21(7,8)16(4,5)6/h9-10,13H,11-12H2,1-8H3. The number of nitrogens with zero attached hydrogens (tertiary/aromatic N) is 1. The highest BCUT2D eigenvalue weighted by Gasteiger charge is 2.39. The molecular formula is C16H31NO3Si. The third kappa shape index (κ3) is 5.47. The van der Waals surface area contributed by atoms with Gasteiger partial charge in [-0.2, -0.15) is 0 Å². The van der Waals surface area contributed by atoms with Gasteiger partial charge in [0.05, 0.1) is 12.6 Å². The number of carbonyl (C=O) groups is 1. The van der Waals surface area contributed by atoms with Crippen molar-refractivity contribution in [2.75, 3.05) is 13.1 Å². The van der Waals surface area contributed by atoms with Gasteiger partial charge in [-0.05, 0) is 38.9 Å². The Hall–Kier alpha value is -0.813. The largest absolute Gasteiger partial charge is 0.444 e. The summed E-state index contributed by atoms with van der Waals surface area (Å²) in [5, 5.41) is 0.162. The summed E-state index contributed by atoms with van der Waals surface area (Å²) < 4.78 is 11.8. The maximum absolute atomic E-state index is 12.1. The zero-order valence-corrected chi connectivity index (χ0v) is 15.8. The summed E-state index contributed by atoms with van der Waals surface area (Å²) in [5.74, 6) is 0. The van der Waals surface area contributed by atoms with Gasteiger partial charge in [-0.3, -0.25) is 0 Å². The maximum atomic E-state index is 12.1. The predicted octanol–water partition coefficient (Wildman–Crippen LogP) is 4.18. The predicted molar refractivity (Wildman–Crippen MR) is 89.0 cm³/mol. The summed E-state index contributed by atoms with van der Waals surface area (Å²) >= 11 is 0. The van der Waals surface area contributed by atoms with Crippen molar-refractivity contribution < 1.29 is 14.0 Å². The van der Waals surface area contributed by atoms with Crippen molar-refractivity contribution in [2.24, 2.45) is 0 Å². The molecule has 0 bridgehead atoms. The summed E-state index contributed by atoms with van der Waals surface area (Å²) in [4.78, 5) is 13.9. The van der Waals surface area contributed by atoms with Crippen molar-refractivity contribution in [3.05, 3.63) is 12.2 Å². The Labute approximate surface area is 130 Å². The molecule has 0 N–H and O–H groups in total. The van der Waals surface area contributed by atoms with Crippen LogP contribution in [0, 0.1) is 0 Å². The van der Waals surface area contributed by atoms with Crippen LogP contribution in [0.15, 0.2) is 12.2 Å². The van der Waals surface area contributed by atoms with Crippen molar-refractivity contribution in [3.63, 3.8) is 0 Å². The molecule has 0 saturated carbocycles.